The van der Waals surface area contributed by atoms with Crippen molar-refractivity contribution in [1.29, 1.82) is 0 Å². The summed E-state index contributed by atoms with van der Waals surface area (Å²) < 4.78 is 28.7. The molecule has 5 nitrogen and oxygen atoms in total. The summed E-state index contributed by atoms with van der Waals surface area (Å²) in [5.74, 6) is -3.29. The van der Waals surface area contributed by atoms with E-state index in [1.807, 2.05) is 0 Å². The Kier molecular flexibility index (Phi) is 3.16. The summed E-state index contributed by atoms with van der Waals surface area (Å²) >= 11 is 0. The van der Waals surface area contributed by atoms with Gasteiger partial charge in [0.25, 0.3) is 5.91 Å². The molecule has 2 unspecified atom stereocenters. The van der Waals surface area contributed by atoms with Crippen LogP contribution in [-0.4, -0.2) is 42.3 Å². The quantitative estimate of drug-likeness (QED) is 0.860. The van der Waals surface area contributed by atoms with Crippen molar-refractivity contribution < 1.29 is 23.5 Å². The van der Waals surface area contributed by atoms with Crippen LogP contribution >= 0.6 is 0 Å². The van der Waals surface area contributed by atoms with Crippen molar-refractivity contribution in [1.82, 2.24) is 5.32 Å². The molecule has 1 aromatic rings. The van der Waals surface area contributed by atoms with Gasteiger partial charge < -0.3 is 15.3 Å². The lowest BCUT2D eigenvalue weighted by molar-refractivity contribution is -0.130. The van der Waals surface area contributed by atoms with Crippen LogP contribution in [0.4, 0.5) is 14.5 Å². The Bertz CT molecular complexity index is 622. The monoisotopic (exact) mass is 296 g/mol. The average molecular weight is 296 g/mol. The summed E-state index contributed by atoms with van der Waals surface area (Å²) in [6.07, 6.45) is 0.0488. The van der Waals surface area contributed by atoms with E-state index in [4.69, 9.17) is 5.11 Å². The smallest absolute Gasteiger partial charge is 0.335 e. The molecule has 0 radical (unpaired) electrons. The Labute approximate surface area is 119 Å². The van der Waals surface area contributed by atoms with E-state index in [1.54, 1.807) is 0 Å². The summed E-state index contributed by atoms with van der Waals surface area (Å²) in [5, 5.41) is 12.0. The zero-order valence-corrected chi connectivity index (χ0v) is 11.1. The van der Waals surface area contributed by atoms with Crippen molar-refractivity contribution in [2.45, 2.75) is 12.1 Å². The number of carboxylic acid groups (broad SMARTS) is 1. The van der Waals surface area contributed by atoms with Gasteiger partial charge in [0.05, 0.1) is 11.3 Å². The predicted octanol–water partition coefficient (Wildman–Crippen LogP) is 1.19. The van der Waals surface area contributed by atoms with Crippen molar-refractivity contribution in [2.24, 2.45) is 5.92 Å². The highest BCUT2D eigenvalue weighted by molar-refractivity contribution is 6.03. The van der Waals surface area contributed by atoms with Crippen LogP contribution in [0, 0.1) is 11.7 Å². The average Bonchev–Trinajstić information content (AvgIpc) is 2.72. The lowest BCUT2D eigenvalue weighted by atomic mass is 9.86. The zero-order chi connectivity index (χ0) is 15.2. The molecule has 0 spiro atoms. The summed E-state index contributed by atoms with van der Waals surface area (Å²) in [5.41, 5.74) is -2.30. The molecule has 1 amide bonds. The van der Waals surface area contributed by atoms with E-state index in [2.05, 4.69) is 5.32 Å². The number of fused-ring (bicyclic) bond motifs is 1. The van der Waals surface area contributed by atoms with Gasteiger partial charge in [-0.2, -0.15) is 0 Å². The number of rotatable bonds is 2. The molecule has 112 valence electrons. The number of nitrogens with one attached hydrogen (secondary N) is 1. The Hall–Kier alpha value is -2.02. The number of hydrogen-bond donors (Lipinski definition) is 2. The van der Waals surface area contributed by atoms with Crippen LogP contribution in [0.2, 0.25) is 0 Å². The number of halogens is 2. The molecule has 0 bridgehead atoms. The molecule has 0 aromatic heterocycles. The molecule has 2 N–H and O–H groups in total. The SMILES string of the molecule is O=C(O)c1ccc(F)c(N2CC3CNCCC3(F)C2=O)c1. The van der Waals surface area contributed by atoms with Gasteiger partial charge in [0.1, 0.15) is 5.82 Å². The normalized spacial score (nSPS) is 28.6. The van der Waals surface area contributed by atoms with Crippen LogP contribution in [-0.2, 0) is 4.79 Å². The first-order valence-corrected chi connectivity index (χ1v) is 6.68. The topological polar surface area (TPSA) is 69.6 Å². The molecule has 7 heteroatoms. The van der Waals surface area contributed by atoms with Crippen molar-refractivity contribution in [3.05, 3.63) is 29.6 Å². The second kappa shape index (κ2) is 4.77. The first-order valence-electron chi connectivity index (χ1n) is 6.68. The molecule has 2 heterocycles. The van der Waals surface area contributed by atoms with Crippen LogP contribution in [0.15, 0.2) is 18.2 Å². The molecule has 0 aliphatic carbocycles. The van der Waals surface area contributed by atoms with Crippen LogP contribution in [0.5, 0.6) is 0 Å². The van der Waals surface area contributed by atoms with E-state index >= 15 is 0 Å². The molecule has 0 saturated carbocycles. The minimum Gasteiger partial charge on any atom is -0.478 e. The van der Waals surface area contributed by atoms with Gasteiger partial charge in [0.15, 0.2) is 5.67 Å². The van der Waals surface area contributed by atoms with Gasteiger partial charge in [-0.1, -0.05) is 0 Å². The number of alkyl halides is 1. The molecule has 2 aliphatic heterocycles. The Morgan fingerprint density at radius 1 is 1.48 bits per heavy atom. The minimum absolute atomic E-state index is 0.0440. The highest BCUT2D eigenvalue weighted by atomic mass is 19.1. The molecule has 2 fully saturated rings. The van der Waals surface area contributed by atoms with Gasteiger partial charge in [0.2, 0.25) is 0 Å². The first kappa shape index (κ1) is 13.9. The molecular formula is C14H14F2N2O3. The third-order valence-electron chi connectivity index (χ3n) is 4.19. The maximum absolute atomic E-state index is 14.8. The van der Waals surface area contributed by atoms with Gasteiger partial charge in [0, 0.05) is 25.4 Å². The van der Waals surface area contributed by atoms with Gasteiger partial charge >= 0.3 is 5.97 Å². The number of nitrogens with zero attached hydrogens (tertiary/aromatic N) is 1. The van der Waals surface area contributed by atoms with Crippen molar-refractivity contribution in [3.63, 3.8) is 0 Å². The lowest BCUT2D eigenvalue weighted by Gasteiger charge is -2.29. The van der Waals surface area contributed by atoms with Crippen molar-refractivity contribution in [3.8, 4) is 0 Å². The summed E-state index contributed by atoms with van der Waals surface area (Å²) in [4.78, 5) is 24.3. The number of carbonyl (C=O) groups excluding carboxylic acids is 1. The number of aromatic carboxylic acids is 1. The molecule has 3 rings (SSSR count). The van der Waals surface area contributed by atoms with E-state index < -0.39 is 29.3 Å². The second-order valence-corrected chi connectivity index (χ2v) is 5.40. The third-order valence-corrected chi connectivity index (χ3v) is 4.19. The maximum atomic E-state index is 14.8. The molecule has 2 aliphatic rings. The highest BCUT2D eigenvalue weighted by Gasteiger charge is 2.56. The standard InChI is InChI=1S/C14H14F2N2O3/c15-10-2-1-8(12(19)20)5-11(10)18-7-9-6-17-4-3-14(9,16)13(18)21/h1-2,5,9,17H,3-4,6-7H2,(H,19,20). The van der Waals surface area contributed by atoms with Crippen LogP contribution < -0.4 is 10.2 Å². The Morgan fingerprint density at radius 2 is 2.24 bits per heavy atom. The number of benzene rings is 1. The second-order valence-electron chi connectivity index (χ2n) is 5.40. The number of carbonyl (C=O) groups is 2. The molecule has 1 aromatic carbocycles. The molecule has 21 heavy (non-hydrogen) atoms. The first-order chi connectivity index (χ1) is 9.93. The zero-order valence-electron chi connectivity index (χ0n) is 11.1. The fraction of sp³-hybridized carbons (Fsp3) is 0.429. The van der Waals surface area contributed by atoms with E-state index in [0.717, 1.165) is 23.1 Å². The van der Waals surface area contributed by atoms with E-state index in [0.29, 0.717) is 13.1 Å². The van der Waals surface area contributed by atoms with E-state index in [9.17, 15) is 18.4 Å². The maximum Gasteiger partial charge on any atom is 0.335 e. The van der Waals surface area contributed by atoms with Gasteiger partial charge in [-0.3, -0.25) is 4.79 Å². The molecular weight excluding hydrogens is 282 g/mol. The van der Waals surface area contributed by atoms with Crippen molar-refractivity contribution >= 4 is 17.6 Å². The Morgan fingerprint density at radius 3 is 2.90 bits per heavy atom. The van der Waals surface area contributed by atoms with E-state index in [-0.39, 0.29) is 24.2 Å². The number of hydrogen-bond acceptors (Lipinski definition) is 3. The fourth-order valence-corrected chi connectivity index (χ4v) is 2.99. The van der Waals surface area contributed by atoms with Crippen LogP contribution in [0.3, 0.4) is 0 Å². The van der Waals surface area contributed by atoms with E-state index in [1.165, 1.54) is 0 Å². The number of amides is 1. The predicted molar refractivity (Wildman–Crippen MR) is 70.5 cm³/mol. The number of anilines is 1. The largest absolute Gasteiger partial charge is 0.478 e. The summed E-state index contributed by atoms with van der Waals surface area (Å²) in [6, 6.07) is 3.17. The summed E-state index contributed by atoms with van der Waals surface area (Å²) in [6.45, 7) is 0.783. The third kappa shape index (κ3) is 2.08. The van der Waals surface area contributed by atoms with Gasteiger partial charge in [-0.25, -0.2) is 13.6 Å². The van der Waals surface area contributed by atoms with Crippen LogP contribution in [0.25, 0.3) is 0 Å². The van der Waals surface area contributed by atoms with Crippen LogP contribution in [0.1, 0.15) is 16.8 Å². The lowest BCUT2D eigenvalue weighted by Crippen LogP contribution is -2.49. The van der Waals surface area contributed by atoms with Gasteiger partial charge in [-0.05, 0) is 24.7 Å². The minimum atomic E-state index is -1.99. The molecule has 2 saturated heterocycles. The highest BCUT2D eigenvalue weighted by Crippen LogP contribution is 2.40. The molecule has 2 atom stereocenters. The number of carboxylic acids is 1. The fourth-order valence-electron chi connectivity index (χ4n) is 2.99. The van der Waals surface area contributed by atoms with Gasteiger partial charge in [-0.15, -0.1) is 0 Å². The Balaban J connectivity index is 2.00. The number of piperidine rings is 1. The van der Waals surface area contributed by atoms with Crippen molar-refractivity contribution in [2.75, 3.05) is 24.5 Å². The summed E-state index contributed by atoms with van der Waals surface area (Å²) in [7, 11) is 0.